The van der Waals surface area contributed by atoms with E-state index >= 15 is 0 Å². The van der Waals surface area contributed by atoms with Gasteiger partial charge in [0.2, 0.25) is 0 Å². The largest absolute Gasteiger partial charge is 0.356 e. The molecule has 0 aliphatic carbocycles. The summed E-state index contributed by atoms with van der Waals surface area (Å²) in [4.78, 5) is 16.0. The predicted molar refractivity (Wildman–Crippen MR) is 150 cm³/mol. The van der Waals surface area contributed by atoms with Crippen molar-refractivity contribution < 1.29 is 0 Å². The summed E-state index contributed by atoms with van der Waals surface area (Å²) in [5, 5.41) is 2.83. The van der Waals surface area contributed by atoms with E-state index in [0.29, 0.717) is 24.2 Å². The first-order valence-corrected chi connectivity index (χ1v) is 14.4. The van der Waals surface area contributed by atoms with Crippen molar-refractivity contribution in [3.8, 4) is 0 Å². The number of hydrogen-bond acceptors (Lipinski definition) is 4. The van der Waals surface area contributed by atoms with E-state index in [1.54, 1.807) is 33.4 Å². The van der Waals surface area contributed by atoms with Crippen molar-refractivity contribution in [1.82, 2.24) is 9.97 Å². The predicted octanol–water partition coefficient (Wildman–Crippen LogP) is 6.99. The van der Waals surface area contributed by atoms with Crippen molar-refractivity contribution in [2.75, 3.05) is 9.80 Å². The average molecular weight is 491 g/mol. The van der Waals surface area contributed by atoms with Crippen LogP contribution in [0, 0.1) is 0 Å². The number of rotatable bonds is 0. The van der Waals surface area contributed by atoms with Gasteiger partial charge in [0.25, 0.3) is 0 Å². The Morgan fingerprint density at radius 3 is 1.42 bits per heavy atom. The second kappa shape index (κ2) is 6.20. The summed E-state index contributed by atoms with van der Waals surface area (Å²) in [6.07, 6.45) is 11.1. The van der Waals surface area contributed by atoms with Crippen LogP contribution in [0.4, 0.5) is 11.4 Å². The minimum atomic E-state index is 0.427. The van der Waals surface area contributed by atoms with Crippen molar-refractivity contribution in [1.29, 1.82) is 0 Å². The Hall–Kier alpha value is -3.92. The Labute approximate surface area is 220 Å². The first kappa shape index (κ1) is 19.2. The summed E-state index contributed by atoms with van der Waals surface area (Å²) in [6.45, 7) is 0. The molecule has 0 saturated carbocycles. The zero-order valence-corrected chi connectivity index (χ0v) is 21.1. The number of nitrogens with zero attached hydrogens (tertiary/aromatic N) is 4. The van der Waals surface area contributed by atoms with E-state index in [9.17, 15) is 0 Å². The second-order valence-corrected chi connectivity index (χ2v) is 12.3. The van der Waals surface area contributed by atoms with Crippen molar-refractivity contribution in [2.24, 2.45) is 0 Å². The van der Waals surface area contributed by atoms with Crippen LogP contribution in [0.5, 0.6) is 0 Å². The molecular formula is C34H26N4. The fraction of sp³-hybridized carbons (Fsp3) is 0.294. The molecule has 6 aliphatic heterocycles. The monoisotopic (exact) mass is 490 g/mol. The van der Waals surface area contributed by atoms with Crippen LogP contribution in [0.15, 0.2) is 60.9 Å². The summed E-state index contributed by atoms with van der Waals surface area (Å²) in [5.74, 6) is 0. The Bertz CT molecular complexity index is 1800. The number of anilines is 2. The third kappa shape index (κ3) is 1.95. The second-order valence-electron chi connectivity index (χ2n) is 12.3. The normalized spacial score (nSPS) is 26.2. The van der Waals surface area contributed by atoms with E-state index in [4.69, 9.17) is 9.97 Å². The lowest BCUT2D eigenvalue weighted by Crippen LogP contribution is -2.37. The van der Waals surface area contributed by atoms with Gasteiger partial charge in [0.15, 0.2) is 0 Å². The molecule has 3 aromatic carbocycles. The Balaban J connectivity index is 1.29. The van der Waals surface area contributed by atoms with Crippen LogP contribution in [0.2, 0.25) is 0 Å². The first-order valence-electron chi connectivity index (χ1n) is 14.4. The molecule has 0 spiro atoms. The van der Waals surface area contributed by atoms with Gasteiger partial charge in [0.05, 0.1) is 46.6 Å². The SMILES string of the molecule is c1ccc2c(c1)C1CCc3cnc4c5c(c6c7c8c(cnc74)CCC4c7ccccc7C(C6)N84)CC2N1c35. The highest BCUT2D eigenvalue weighted by molar-refractivity contribution is 6.16. The summed E-state index contributed by atoms with van der Waals surface area (Å²) < 4.78 is 0. The van der Waals surface area contributed by atoms with Crippen LogP contribution in [0.25, 0.3) is 21.8 Å². The lowest BCUT2D eigenvalue weighted by Gasteiger charge is -2.46. The van der Waals surface area contributed by atoms with Crippen LogP contribution < -0.4 is 9.80 Å². The molecule has 0 bridgehead atoms. The first-order chi connectivity index (χ1) is 18.9. The van der Waals surface area contributed by atoms with Gasteiger partial charge in [-0.25, -0.2) is 0 Å². The molecule has 0 saturated heterocycles. The third-order valence-electron chi connectivity index (χ3n) is 10.9. The van der Waals surface area contributed by atoms with Crippen LogP contribution in [-0.2, 0) is 25.7 Å². The highest BCUT2D eigenvalue weighted by atomic mass is 15.2. The molecule has 38 heavy (non-hydrogen) atoms. The number of fused-ring (bicyclic) bond motifs is 8. The summed E-state index contributed by atoms with van der Waals surface area (Å²) in [6, 6.07) is 20.4. The number of hydrogen-bond donors (Lipinski definition) is 0. The molecule has 0 fully saturated rings. The van der Waals surface area contributed by atoms with Gasteiger partial charge in [-0.3, -0.25) is 9.97 Å². The highest BCUT2D eigenvalue weighted by Gasteiger charge is 2.49. The molecular weight excluding hydrogens is 464 g/mol. The molecule has 11 rings (SSSR count). The smallest absolute Gasteiger partial charge is 0.0989 e. The number of pyridine rings is 2. The van der Waals surface area contributed by atoms with Gasteiger partial charge in [-0.2, -0.15) is 0 Å². The lowest BCUT2D eigenvalue weighted by atomic mass is 9.79. The zero-order valence-electron chi connectivity index (χ0n) is 21.1. The lowest BCUT2D eigenvalue weighted by molar-refractivity contribution is 0.511. The molecule has 8 heterocycles. The molecule has 4 atom stereocenters. The third-order valence-corrected chi connectivity index (χ3v) is 10.9. The minimum Gasteiger partial charge on any atom is -0.356 e. The van der Waals surface area contributed by atoms with Crippen molar-refractivity contribution in [3.05, 3.63) is 105 Å². The standard InChI is InChI=1S/C34H26N4/c1-3-7-21-19(5-1)25-11-9-17-15-35-31-29-23(13-27(21)37(25)33(17)29)24-14-28-22-8-4-2-6-20(22)26-12-10-18-16-36-32(31)30(24)34(18)38(26)28/h1-8,15-16,25-28H,9-14H2. The Kier molecular flexibility index (Phi) is 3.13. The minimum absolute atomic E-state index is 0.427. The van der Waals surface area contributed by atoms with E-state index in [1.165, 1.54) is 46.1 Å². The maximum atomic E-state index is 5.20. The Morgan fingerprint density at radius 1 is 0.553 bits per heavy atom. The van der Waals surface area contributed by atoms with Crippen LogP contribution in [0.1, 0.15) is 81.5 Å². The maximum absolute atomic E-state index is 5.20. The van der Waals surface area contributed by atoms with Crippen LogP contribution in [-0.4, -0.2) is 9.97 Å². The number of aromatic nitrogens is 2. The van der Waals surface area contributed by atoms with E-state index < -0.39 is 0 Å². The van der Waals surface area contributed by atoms with Crippen molar-refractivity contribution in [3.63, 3.8) is 0 Å². The van der Waals surface area contributed by atoms with Crippen LogP contribution in [0.3, 0.4) is 0 Å². The highest BCUT2D eigenvalue weighted by Crippen LogP contribution is 2.62. The van der Waals surface area contributed by atoms with E-state index in [-0.39, 0.29) is 0 Å². The van der Waals surface area contributed by atoms with Gasteiger partial charge in [0, 0.05) is 23.2 Å². The number of benzene rings is 3. The molecule has 0 N–H and O–H groups in total. The molecule has 4 heteroatoms. The average Bonchev–Trinajstić information content (AvgIpc) is 3.48. The van der Waals surface area contributed by atoms with E-state index in [1.807, 2.05) is 0 Å². The van der Waals surface area contributed by atoms with Crippen molar-refractivity contribution in [2.45, 2.75) is 62.7 Å². The summed E-state index contributed by atoms with van der Waals surface area (Å²) >= 11 is 0. The molecule has 182 valence electrons. The summed E-state index contributed by atoms with van der Waals surface area (Å²) in [5.41, 5.74) is 17.4. The van der Waals surface area contributed by atoms with Gasteiger partial charge in [-0.15, -0.1) is 0 Å². The van der Waals surface area contributed by atoms with Gasteiger partial charge in [-0.1, -0.05) is 48.5 Å². The quantitative estimate of drug-likeness (QED) is 0.219. The van der Waals surface area contributed by atoms with Crippen molar-refractivity contribution >= 4 is 33.2 Å². The van der Waals surface area contributed by atoms with Gasteiger partial charge < -0.3 is 9.80 Å². The molecule has 4 nitrogen and oxygen atoms in total. The Morgan fingerprint density at radius 2 is 0.974 bits per heavy atom. The molecule has 2 aromatic heterocycles. The fourth-order valence-electron chi connectivity index (χ4n) is 9.59. The fourth-order valence-corrected chi connectivity index (χ4v) is 9.59. The molecule has 6 aliphatic rings. The molecule has 4 unspecified atom stereocenters. The molecule has 0 radical (unpaired) electrons. The van der Waals surface area contributed by atoms with Gasteiger partial charge in [0.1, 0.15) is 0 Å². The molecule has 0 amide bonds. The topological polar surface area (TPSA) is 32.3 Å². The van der Waals surface area contributed by atoms with Gasteiger partial charge in [-0.05, 0) is 83.0 Å². The van der Waals surface area contributed by atoms with E-state index in [2.05, 4.69) is 70.7 Å². The maximum Gasteiger partial charge on any atom is 0.0989 e. The van der Waals surface area contributed by atoms with Crippen LogP contribution >= 0.6 is 0 Å². The summed E-state index contributed by atoms with van der Waals surface area (Å²) in [7, 11) is 0. The van der Waals surface area contributed by atoms with E-state index in [0.717, 1.165) is 36.7 Å². The number of aryl methyl sites for hydroxylation is 2. The zero-order chi connectivity index (χ0) is 24.3. The molecule has 5 aromatic rings. The van der Waals surface area contributed by atoms with Gasteiger partial charge >= 0.3 is 0 Å².